The van der Waals surface area contributed by atoms with Crippen molar-refractivity contribution in [1.82, 2.24) is 14.9 Å². The van der Waals surface area contributed by atoms with Gasteiger partial charge in [-0.25, -0.2) is 4.98 Å². The molecule has 32 heavy (non-hydrogen) atoms. The van der Waals surface area contributed by atoms with Gasteiger partial charge in [-0.2, -0.15) is 0 Å². The molecular formula is C24H31N3O5. The first-order valence-corrected chi connectivity index (χ1v) is 10.6. The Labute approximate surface area is 187 Å². The number of aromatic amines is 1. The lowest BCUT2D eigenvalue weighted by atomic mass is 10.1. The maximum absolute atomic E-state index is 12.6. The van der Waals surface area contributed by atoms with Crippen LogP contribution in [0.5, 0.6) is 17.2 Å². The first-order chi connectivity index (χ1) is 15.4. The summed E-state index contributed by atoms with van der Waals surface area (Å²) in [5.74, 6) is 2.30. The lowest BCUT2D eigenvalue weighted by Gasteiger charge is -2.24. The van der Waals surface area contributed by atoms with Crippen LogP contribution in [-0.4, -0.2) is 60.0 Å². The summed E-state index contributed by atoms with van der Waals surface area (Å²) in [4.78, 5) is 22.0. The van der Waals surface area contributed by atoms with Crippen LogP contribution in [0, 0.1) is 13.8 Å². The molecule has 8 heteroatoms. The molecule has 0 bridgehead atoms. The van der Waals surface area contributed by atoms with E-state index in [4.69, 9.17) is 14.2 Å². The molecule has 1 atom stereocenters. The van der Waals surface area contributed by atoms with Crippen LogP contribution in [0.2, 0.25) is 0 Å². The minimum absolute atomic E-state index is 0.181. The zero-order valence-corrected chi connectivity index (χ0v) is 19.3. The molecule has 3 aromatic rings. The quantitative estimate of drug-likeness (QED) is 0.499. The number of likely N-dealkylation sites (N-methyl/N-ethyl adjacent to an activating group) is 1. The van der Waals surface area contributed by atoms with Gasteiger partial charge in [-0.15, -0.1) is 0 Å². The number of methoxy groups -OCH3 is 2. The van der Waals surface area contributed by atoms with Gasteiger partial charge < -0.3 is 24.3 Å². The number of aromatic nitrogens is 2. The van der Waals surface area contributed by atoms with Gasteiger partial charge in [0.05, 0.1) is 31.7 Å². The number of fused-ring (bicyclic) bond motifs is 1. The second-order valence-corrected chi connectivity index (χ2v) is 7.75. The number of nitrogens with one attached hydrogen (secondary N) is 1. The number of benzene rings is 2. The molecule has 0 spiro atoms. The third-order valence-corrected chi connectivity index (χ3v) is 5.38. The molecule has 172 valence electrons. The zero-order chi connectivity index (χ0) is 23.3. The van der Waals surface area contributed by atoms with E-state index in [0.29, 0.717) is 47.9 Å². The van der Waals surface area contributed by atoms with Crippen molar-refractivity contribution in [2.24, 2.45) is 0 Å². The van der Waals surface area contributed by atoms with Crippen molar-refractivity contribution >= 4 is 10.9 Å². The van der Waals surface area contributed by atoms with Crippen LogP contribution in [0.25, 0.3) is 10.9 Å². The van der Waals surface area contributed by atoms with E-state index in [1.807, 2.05) is 43.9 Å². The Morgan fingerprint density at radius 3 is 2.41 bits per heavy atom. The number of nitrogens with zero attached hydrogens (tertiary/aromatic N) is 2. The predicted molar refractivity (Wildman–Crippen MR) is 124 cm³/mol. The van der Waals surface area contributed by atoms with Gasteiger partial charge in [-0.1, -0.05) is 25.1 Å². The summed E-state index contributed by atoms with van der Waals surface area (Å²) in [7, 11) is 3.06. The van der Waals surface area contributed by atoms with Crippen LogP contribution in [0.4, 0.5) is 0 Å². The molecule has 0 aliphatic heterocycles. The van der Waals surface area contributed by atoms with E-state index in [1.165, 1.54) is 7.11 Å². The minimum Gasteiger partial charge on any atom is -0.493 e. The molecule has 2 N–H and O–H groups in total. The Bertz CT molecular complexity index is 1110. The van der Waals surface area contributed by atoms with Gasteiger partial charge in [-0.05, 0) is 37.6 Å². The second kappa shape index (κ2) is 10.5. The Balaban J connectivity index is 1.71. The highest BCUT2D eigenvalue weighted by atomic mass is 16.5. The van der Waals surface area contributed by atoms with Crippen molar-refractivity contribution < 1.29 is 19.3 Å². The standard InChI is InChI=1S/C24H31N3O5/c1-6-27(12-17(28)14-32-23-15(2)8-7-9-16(23)3)13-22-25-19-11-21(31-5)20(30-4)10-18(19)24(29)26-22/h7-11,17,28H,6,12-14H2,1-5H3,(H,25,26,29)/t17-/m1/s1. The van der Waals surface area contributed by atoms with Crippen LogP contribution in [-0.2, 0) is 6.54 Å². The molecule has 1 heterocycles. The van der Waals surface area contributed by atoms with Gasteiger partial charge >= 0.3 is 0 Å². The molecule has 0 aliphatic rings. The summed E-state index contributed by atoms with van der Waals surface area (Å²) in [6, 6.07) is 9.26. The van der Waals surface area contributed by atoms with E-state index in [0.717, 1.165) is 16.9 Å². The molecule has 0 aliphatic carbocycles. The maximum atomic E-state index is 12.6. The van der Waals surface area contributed by atoms with Gasteiger partial charge in [0.2, 0.25) is 0 Å². The molecule has 0 unspecified atom stereocenters. The monoisotopic (exact) mass is 441 g/mol. The average Bonchev–Trinajstić information content (AvgIpc) is 2.77. The summed E-state index contributed by atoms with van der Waals surface area (Å²) >= 11 is 0. The number of hydrogen-bond donors (Lipinski definition) is 2. The van der Waals surface area contributed by atoms with Gasteiger partial charge in [-0.3, -0.25) is 9.69 Å². The normalized spacial score (nSPS) is 12.2. The van der Waals surface area contributed by atoms with Gasteiger partial charge in [0.1, 0.15) is 24.3 Å². The molecule has 2 aromatic carbocycles. The minimum atomic E-state index is -0.689. The lowest BCUT2D eigenvalue weighted by Crippen LogP contribution is -2.36. The number of aliphatic hydroxyl groups excluding tert-OH is 1. The number of para-hydroxylation sites is 1. The summed E-state index contributed by atoms with van der Waals surface area (Å²) in [6.45, 7) is 7.59. The van der Waals surface area contributed by atoms with E-state index in [1.54, 1.807) is 19.2 Å². The van der Waals surface area contributed by atoms with E-state index in [-0.39, 0.29) is 12.2 Å². The highest BCUT2D eigenvalue weighted by molar-refractivity contribution is 5.81. The van der Waals surface area contributed by atoms with Crippen molar-refractivity contribution in [3.8, 4) is 17.2 Å². The Morgan fingerprint density at radius 2 is 1.78 bits per heavy atom. The highest BCUT2D eigenvalue weighted by Gasteiger charge is 2.16. The topological polar surface area (TPSA) is 96.9 Å². The van der Waals surface area contributed by atoms with E-state index in [9.17, 15) is 9.90 Å². The smallest absolute Gasteiger partial charge is 0.258 e. The van der Waals surface area contributed by atoms with Crippen LogP contribution >= 0.6 is 0 Å². The largest absolute Gasteiger partial charge is 0.493 e. The lowest BCUT2D eigenvalue weighted by molar-refractivity contribution is 0.0662. The van der Waals surface area contributed by atoms with Crippen LogP contribution in [0.3, 0.4) is 0 Å². The van der Waals surface area contributed by atoms with Crippen molar-refractivity contribution in [1.29, 1.82) is 0 Å². The Hall–Kier alpha value is -3.10. The van der Waals surface area contributed by atoms with Crippen molar-refractivity contribution in [2.75, 3.05) is 33.9 Å². The number of aryl methyl sites for hydroxylation is 2. The van der Waals surface area contributed by atoms with Crippen LogP contribution in [0.1, 0.15) is 23.9 Å². The highest BCUT2D eigenvalue weighted by Crippen LogP contribution is 2.30. The van der Waals surface area contributed by atoms with E-state index < -0.39 is 6.10 Å². The zero-order valence-electron chi connectivity index (χ0n) is 19.3. The molecular weight excluding hydrogens is 410 g/mol. The predicted octanol–water partition coefficient (Wildman–Crippen LogP) is 2.82. The fraction of sp³-hybridized carbons (Fsp3) is 0.417. The fourth-order valence-corrected chi connectivity index (χ4v) is 3.66. The molecule has 0 radical (unpaired) electrons. The van der Waals surface area contributed by atoms with Crippen LogP contribution < -0.4 is 19.8 Å². The van der Waals surface area contributed by atoms with Crippen molar-refractivity contribution in [2.45, 2.75) is 33.4 Å². The van der Waals surface area contributed by atoms with Crippen LogP contribution in [0.15, 0.2) is 35.1 Å². The molecule has 3 rings (SSSR count). The van der Waals surface area contributed by atoms with E-state index in [2.05, 4.69) is 9.97 Å². The average molecular weight is 442 g/mol. The first kappa shape index (κ1) is 23.6. The molecule has 1 aromatic heterocycles. The van der Waals surface area contributed by atoms with Crippen molar-refractivity contribution in [3.05, 3.63) is 57.6 Å². The summed E-state index contributed by atoms with van der Waals surface area (Å²) in [5, 5.41) is 11.0. The second-order valence-electron chi connectivity index (χ2n) is 7.75. The number of rotatable bonds is 10. The van der Waals surface area contributed by atoms with Gasteiger partial charge in [0, 0.05) is 12.6 Å². The number of aliphatic hydroxyl groups is 1. The fourth-order valence-electron chi connectivity index (χ4n) is 3.66. The first-order valence-electron chi connectivity index (χ1n) is 10.6. The summed E-state index contributed by atoms with van der Waals surface area (Å²) < 4.78 is 16.5. The third kappa shape index (κ3) is 5.38. The van der Waals surface area contributed by atoms with E-state index >= 15 is 0 Å². The molecule has 0 saturated heterocycles. The van der Waals surface area contributed by atoms with Gasteiger partial charge in [0.25, 0.3) is 5.56 Å². The number of hydrogen-bond acceptors (Lipinski definition) is 7. The third-order valence-electron chi connectivity index (χ3n) is 5.38. The molecule has 8 nitrogen and oxygen atoms in total. The summed E-state index contributed by atoms with van der Waals surface area (Å²) in [6.07, 6.45) is -0.689. The van der Waals surface area contributed by atoms with Crippen molar-refractivity contribution in [3.63, 3.8) is 0 Å². The molecule has 0 amide bonds. The Kier molecular flexibility index (Phi) is 7.71. The number of H-pyrrole nitrogens is 1. The van der Waals surface area contributed by atoms with Gasteiger partial charge in [0.15, 0.2) is 11.5 Å². The Morgan fingerprint density at radius 1 is 1.12 bits per heavy atom. The molecule has 0 saturated carbocycles. The maximum Gasteiger partial charge on any atom is 0.258 e. The molecule has 0 fully saturated rings. The number of ether oxygens (including phenoxy) is 3. The summed E-state index contributed by atoms with van der Waals surface area (Å²) in [5.41, 5.74) is 2.35. The SMILES string of the molecule is CCN(Cc1nc2cc(OC)c(OC)cc2c(=O)[nH]1)C[C@@H](O)COc1c(C)cccc1C.